The van der Waals surface area contributed by atoms with Crippen molar-refractivity contribution in [2.45, 2.75) is 12.8 Å². The molecule has 0 saturated carbocycles. The molecule has 2 amide bonds. The van der Waals surface area contributed by atoms with E-state index in [0.29, 0.717) is 40.2 Å². The zero-order valence-corrected chi connectivity index (χ0v) is 15.9. The fraction of sp³-hybridized carbons (Fsp3) is 0.150. The monoisotopic (exact) mass is 413 g/mol. The van der Waals surface area contributed by atoms with Crippen LogP contribution in [0.3, 0.4) is 0 Å². The maximum atomic E-state index is 12.1. The number of hydrogen-bond acceptors (Lipinski definition) is 6. The van der Waals surface area contributed by atoms with Crippen LogP contribution in [0.15, 0.2) is 53.1 Å². The minimum absolute atomic E-state index is 0.0992. The van der Waals surface area contributed by atoms with Gasteiger partial charge in [0.15, 0.2) is 23.1 Å². The summed E-state index contributed by atoms with van der Waals surface area (Å²) in [7, 11) is 0. The standard InChI is InChI=1S/C20H16ClN3O5/c21-14-4-1-12(2-5-14)17-10-22-19(29-17)8-7-18(25)23-24-20(26)13-3-6-15-16(9-13)28-11-27-15/h1-6,9-10H,7-8,11H2,(H,23,25)(H,24,26). The number of fused-ring (bicyclic) bond motifs is 1. The van der Waals surface area contributed by atoms with Crippen LogP contribution in [0.4, 0.5) is 0 Å². The lowest BCUT2D eigenvalue weighted by molar-refractivity contribution is -0.121. The Kier molecular flexibility index (Phi) is 5.35. The van der Waals surface area contributed by atoms with Crippen molar-refractivity contribution in [1.82, 2.24) is 15.8 Å². The second kappa shape index (κ2) is 8.24. The van der Waals surface area contributed by atoms with Crippen molar-refractivity contribution in [2.24, 2.45) is 0 Å². The molecule has 9 heteroatoms. The molecule has 2 N–H and O–H groups in total. The maximum Gasteiger partial charge on any atom is 0.269 e. The number of halogens is 1. The topological polar surface area (TPSA) is 103 Å². The van der Waals surface area contributed by atoms with Crippen LogP contribution in [0.5, 0.6) is 11.5 Å². The van der Waals surface area contributed by atoms with Gasteiger partial charge in [0.05, 0.1) is 6.20 Å². The molecule has 2 heterocycles. The molecule has 2 aromatic carbocycles. The Balaban J connectivity index is 1.26. The first-order valence-corrected chi connectivity index (χ1v) is 9.16. The van der Waals surface area contributed by atoms with E-state index in [-0.39, 0.29) is 19.1 Å². The fourth-order valence-electron chi connectivity index (χ4n) is 2.69. The Morgan fingerprint density at radius 2 is 1.83 bits per heavy atom. The number of hydrogen-bond donors (Lipinski definition) is 2. The molecule has 0 saturated heterocycles. The van der Waals surface area contributed by atoms with Gasteiger partial charge < -0.3 is 13.9 Å². The van der Waals surface area contributed by atoms with Gasteiger partial charge in [0.25, 0.3) is 5.91 Å². The van der Waals surface area contributed by atoms with Crippen LogP contribution < -0.4 is 20.3 Å². The highest BCUT2D eigenvalue weighted by atomic mass is 35.5. The average Bonchev–Trinajstić information content (AvgIpc) is 3.40. The van der Waals surface area contributed by atoms with Gasteiger partial charge in [-0.25, -0.2) is 4.98 Å². The zero-order chi connectivity index (χ0) is 20.2. The third-order valence-electron chi connectivity index (χ3n) is 4.20. The summed E-state index contributed by atoms with van der Waals surface area (Å²) in [5.41, 5.74) is 5.92. The van der Waals surface area contributed by atoms with Gasteiger partial charge in [0.1, 0.15) is 0 Å². The Morgan fingerprint density at radius 1 is 1.03 bits per heavy atom. The van der Waals surface area contributed by atoms with Crippen LogP contribution >= 0.6 is 11.6 Å². The van der Waals surface area contributed by atoms with Gasteiger partial charge in [-0.3, -0.25) is 20.4 Å². The summed E-state index contributed by atoms with van der Waals surface area (Å²) < 4.78 is 16.1. The first-order valence-electron chi connectivity index (χ1n) is 8.78. The summed E-state index contributed by atoms with van der Waals surface area (Å²) in [5.74, 6) is 1.25. The zero-order valence-electron chi connectivity index (χ0n) is 15.1. The van der Waals surface area contributed by atoms with Crippen molar-refractivity contribution in [3.8, 4) is 22.8 Å². The van der Waals surface area contributed by atoms with Crippen molar-refractivity contribution in [2.75, 3.05) is 6.79 Å². The van der Waals surface area contributed by atoms with Crippen LogP contribution in [-0.4, -0.2) is 23.6 Å². The van der Waals surface area contributed by atoms with E-state index in [1.54, 1.807) is 36.5 Å². The van der Waals surface area contributed by atoms with Gasteiger partial charge in [-0.1, -0.05) is 11.6 Å². The Labute approximate surface area is 170 Å². The lowest BCUT2D eigenvalue weighted by Crippen LogP contribution is -2.41. The van der Waals surface area contributed by atoms with Gasteiger partial charge in [-0.15, -0.1) is 0 Å². The summed E-state index contributed by atoms with van der Waals surface area (Å²) in [6.07, 6.45) is 1.99. The third-order valence-corrected chi connectivity index (χ3v) is 4.45. The predicted octanol–water partition coefficient (Wildman–Crippen LogP) is 3.12. The van der Waals surface area contributed by atoms with Gasteiger partial charge in [0, 0.05) is 29.0 Å². The van der Waals surface area contributed by atoms with E-state index < -0.39 is 5.91 Å². The first kappa shape index (κ1) is 18.8. The lowest BCUT2D eigenvalue weighted by atomic mass is 10.2. The van der Waals surface area contributed by atoms with E-state index in [0.717, 1.165) is 5.56 Å². The van der Waals surface area contributed by atoms with Crippen molar-refractivity contribution >= 4 is 23.4 Å². The number of nitrogens with zero attached hydrogens (tertiary/aromatic N) is 1. The van der Waals surface area contributed by atoms with Crippen LogP contribution in [0.1, 0.15) is 22.7 Å². The van der Waals surface area contributed by atoms with Crippen LogP contribution in [0.25, 0.3) is 11.3 Å². The number of ether oxygens (including phenoxy) is 2. The molecule has 1 aromatic heterocycles. The molecule has 1 aliphatic heterocycles. The van der Waals surface area contributed by atoms with Crippen molar-refractivity contribution in [3.05, 3.63) is 65.1 Å². The highest BCUT2D eigenvalue weighted by Crippen LogP contribution is 2.32. The van der Waals surface area contributed by atoms with E-state index in [1.807, 2.05) is 12.1 Å². The van der Waals surface area contributed by atoms with Crippen LogP contribution in [0.2, 0.25) is 5.02 Å². The van der Waals surface area contributed by atoms with Crippen molar-refractivity contribution in [1.29, 1.82) is 0 Å². The summed E-state index contributed by atoms with van der Waals surface area (Å²) in [6.45, 7) is 0.123. The Morgan fingerprint density at radius 3 is 2.66 bits per heavy atom. The van der Waals surface area contributed by atoms with E-state index in [1.165, 1.54) is 0 Å². The fourth-order valence-corrected chi connectivity index (χ4v) is 2.82. The van der Waals surface area contributed by atoms with E-state index in [9.17, 15) is 9.59 Å². The van der Waals surface area contributed by atoms with Crippen LogP contribution in [0, 0.1) is 0 Å². The molecule has 3 aromatic rings. The van der Waals surface area contributed by atoms with Gasteiger partial charge >= 0.3 is 0 Å². The number of carbonyl (C=O) groups is 2. The predicted molar refractivity (Wildman–Crippen MR) is 103 cm³/mol. The molecular weight excluding hydrogens is 398 g/mol. The molecular formula is C20H16ClN3O5. The Bertz CT molecular complexity index is 1050. The van der Waals surface area contributed by atoms with Gasteiger partial charge in [-0.05, 0) is 42.5 Å². The number of aryl methyl sites for hydroxylation is 1. The van der Waals surface area contributed by atoms with E-state index in [4.69, 9.17) is 25.5 Å². The minimum Gasteiger partial charge on any atom is -0.454 e. The summed E-state index contributed by atoms with van der Waals surface area (Å²) in [4.78, 5) is 28.3. The minimum atomic E-state index is -0.460. The number of hydrazine groups is 1. The van der Waals surface area contributed by atoms with Gasteiger partial charge in [0.2, 0.25) is 12.7 Å². The van der Waals surface area contributed by atoms with Crippen LogP contribution in [-0.2, 0) is 11.2 Å². The molecule has 0 aliphatic carbocycles. The number of amides is 2. The number of nitrogens with one attached hydrogen (secondary N) is 2. The van der Waals surface area contributed by atoms with Crippen molar-refractivity contribution in [3.63, 3.8) is 0 Å². The molecule has 8 nitrogen and oxygen atoms in total. The molecule has 29 heavy (non-hydrogen) atoms. The quantitative estimate of drug-likeness (QED) is 0.623. The molecule has 1 aliphatic rings. The van der Waals surface area contributed by atoms with Crippen molar-refractivity contribution < 1.29 is 23.5 Å². The normalized spacial score (nSPS) is 11.9. The average molecular weight is 414 g/mol. The van der Waals surface area contributed by atoms with E-state index >= 15 is 0 Å². The third kappa shape index (κ3) is 4.49. The van der Waals surface area contributed by atoms with Gasteiger partial charge in [-0.2, -0.15) is 0 Å². The smallest absolute Gasteiger partial charge is 0.269 e. The maximum absolute atomic E-state index is 12.1. The summed E-state index contributed by atoms with van der Waals surface area (Å²) >= 11 is 5.87. The highest BCUT2D eigenvalue weighted by Gasteiger charge is 2.16. The van der Waals surface area contributed by atoms with E-state index in [2.05, 4.69) is 15.8 Å². The molecule has 148 valence electrons. The second-order valence-corrected chi connectivity index (χ2v) is 6.63. The summed E-state index contributed by atoms with van der Waals surface area (Å²) in [5, 5.41) is 0.632. The number of rotatable bonds is 5. The Hall–Kier alpha value is -3.52. The molecule has 4 rings (SSSR count). The molecule has 0 spiro atoms. The SMILES string of the molecule is O=C(CCc1ncc(-c2ccc(Cl)cc2)o1)NNC(=O)c1ccc2c(c1)OCO2. The molecule has 0 bridgehead atoms. The largest absolute Gasteiger partial charge is 0.454 e. The lowest BCUT2D eigenvalue weighted by Gasteiger charge is -2.07. The molecule has 0 fully saturated rings. The molecule has 0 unspecified atom stereocenters. The number of oxazole rings is 1. The highest BCUT2D eigenvalue weighted by molar-refractivity contribution is 6.30. The molecule has 0 atom stereocenters. The second-order valence-electron chi connectivity index (χ2n) is 6.20. The summed E-state index contributed by atoms with van der Waals surface area (Å²) in [6, 6.07) is 11.9. The first-order chi connectivity index (χ1) is 14.1. The number of aromatic nitrogens is 1. The number of carbonyl (C=O) groups excluding carboxylic acids is 2. The molecule has 0 radical (unpaired) electrons. The number of benzene rings is 2.